The quantitative estimate of drug-likeness (QED) is 0.271. The molecule has 2 heterocycles. The maximum atomic E-state index is 12.4. The molecule has 2 amide bonds. The first-order valence-electron chi connectivity index (χ1n) is 17.8. The fraction of sp³-hybridized carbons (Fsp3) is 0.944. The van der Waals surface area contributed by atoms with E-state index in [1.54, 1.807) is 24.0 Å². The van der Waals surface area contributed by atoms with Crippen LogP contribution in [0.15, 0.2) is 0 Å². The molecule has 0 aromatic rings. The molecule has 2 saturated carbocycles. The lowest BCUT2D eigenvalue weighted by Crippen LogP contribution is -2.42. The van der Waals surface area contributed by atoms with Gasteiger partial charge in [0.2, 0.25) is 0 Å². The fourth-order valence-corrected chi connectivity index (χ4v) is 6.78. The van der Waals surface area contributed by atoms with E-state index in [4.69, 9.17) is 28.4 Å². The van der Waals surface area contributed by atoms with Gasteiger partial charge in [-0.1, -0.05) is 13.8 Å². The molecular weight excluding hydrogens is 588 g/mol. The highest BCUT2D eigenvalue weighted by atomic mass is 16.6. The van der Waals surface area contributed by atoms with Gasteiger partial charge in [-0.3, -0.25) is 0 Å². The van der Waals surface area contributed by atoms with Crippen molar-refractivity contribution in [2.75, 3.05) is 40.5 Å². The second-order valence-corrected chi connectivity index (χ2v) is 16.2. The number of nitrogens with zero attached hydrogens (tertiary/aromatic N) is 2. The van der Waals surface area contributed by atoms with E-state index in [1.165, 1.54) is 25.7 Å². The summed E-state index contributed by atoms with van der Waals surface area (Å²) in [6.07, 6.45) is 11.4. The van der Waals surface area contributed by atoms with E-state index in [9.17, 15) is 9.59 Å². The molecule has 0 radical (unpaired) electrons. The van der Waals surface area contributed by atoms with Crippen LogP contribution >= 0.6 is 0 Å². The average molecular weight is 655 g/mol. The Morgan fingerprint density at radius 2 is 0.891 bits per heavy atom. The van der Waals surface area contributed by atoms with Gasteiger partial charge in [-0.15, -0.1) is 0 Å². The number of carbonyl (C=O) groups excluding carboxylic acids is 2. The van der Waals surface area contributed by atoms with E-state index >= 15 is 0 Å². The maximum Gasteiger partial charge on any atom is 0.410 e. The number of hydrogen-bond acceptors (Lipinski definition) is 8. The summed E-state index contributed by atoms with van der Waals surface area (Å²) >= 11 is 0. The summed E-state index contributed by atoms with van der Waals surface area (Å²) in [5, 5.41) is 0. The van der Waals surface area contributed by atoms with Crippen LogP contribution < -0.4 is 0 Å². The van der Waals surface area contributed by atoms with E-state index < -0.39 is 11.2 Å². The normalized spacial score (nSPS) is 32.1. The molecule has 10 heteroatoms. The minimum absolute atomic E-state index is 0.0501. The predicted octanol–water partition coefficient (Wildman–Crippen LogP) is 7.21. The molecule has 0 unspecified atom stereocenters. The number of methoxy groups -OCH3 is 2. The highest BCUT2D eigenvalue weighted by Gasteiger charge is 2.39. The molecule has 4 rings (SSSR count). The van der Waals surface area contributed by atoms with E-state index in [1.807, 2.05) is 41.5 Å². The van der Waals surface area contributed by atoms with Gasteiger partial charge in [-0.2, -0.15) is 0 Å². The molecule has 10 nitrogen and oxygen atoms in total. The number of carbonyl (C=O) groups is 2. The van der Waals surface area contributed by atoms with Crippen LogP contribution in [0.4, 0.5) is 9.59 Å². The minimum atomic E-state index is -0.479. The third-order valence-electron chi connectivity index (χ3n) is 9.65. The Morgan fingerprint density at radius 3 is 1.17 bits per heavy atom. The van der Waals surface area contributed by atoms with Gasteiger partial charge < -0.3 is 38.2 Å². The van der Waals surface area contributed by atoms with Crippen molar-refractivity contribution < 1.29 is 38.0 Å². The molecule has 4 aliphatic rings. The van der Waals surface area contributed by atoms with Crippen LogP contribution in [0.2, 0.25) is 0 Å². The van der Waals surface area contributed by atoms with Gasteiger partial charge in [0.25, 0.3) is 0 Å². The molecule has 0 aromatic heterocycles. The van der Waals surface area contributed by atoms with Crippen LogP contribution in [0, 0.1) is 11.8 Å². The zero-order valence-electron chi connectivity index (χ0n) is 30.7. The molecule has 0 spiro atoms. The van der Waals surface area contributed by atoms with Gasteiger partial charge in [0.1, 0.15) is 11.2 Å². The molecule has 268 valence electrons. The first kappa shape index (κ1) is 38.8. The van der Waals surface area contributed by atoms with Crippen molar-refractivity contribution in [3.8, 4) is 0 Å². The van der Waals surface area contributed by atoms with Gasteiger partial charge in [-0.05, 0) is 118 Å². The van der Waals surface area contributed by atoms with Gasteiger partial charge in [0.15, 0.2) is 0 Å². The third-order valence-corrected chi connectivity index (χ3v) is 9.65. The molecule has 0 bridgehead atoms. The Bertz CT molecular complexity index is 844. The monoisotopic (exact) mass is 654 g/mol. The van der Waals surface area contributed by atoms with Crippen molar-refractivity contribution in [2.24, 2.45) is 11.8 Å². The summed E-state index contributed by atoms with van der Waals surface area (Å²) < 4.78 is 34.2. The summed E-state index contributed by atoms with van der Waals surface area (Å²) in [4.78, 5) is 28.4. The maximum absolute atomic E-state index is 12.4. The lowest BCUT2D eigenvalue weighted by atomic mass is 9.89. The van der Waals surface area contributed by atoms with E-state index in [0.29, 0.717) is 38.5 Å². The molecule has 4 atom stereocenters. The van der Waals surface area contributed by atoms with Crippen molar-refractivity contribution in [1.82, 2.24) is 9.80 Å². The van der Waals surface area contributed by atoms with Crippen molar-refractivity contribution in [2.45, 2.75) is 167 Å². The Balaban J connectivity index is 0.000000250. The first-order valence-corrected chi connectivity index (χ1v) is 17.8. The average Bonchev–Trinajstić information content (AvgIpc) is 3.59. The van der Waals surface area contributed by atoms with Crippen LogP contribution in [0.1, 0.15) is 120 Å². The van der Waals surface area contributed by atoms with E-state index in [2.05, 4.69) is 13.8 Å². The van der Waals surface area contributed by atoms with Crippen LogP contribution in [0.3, 0.4) is 0 Å². The van der Waals surface area contributed by atoms with Crippen molar-refractivity contribution in [3.05, 3.63) is 0 Å². The third kappa shape index (κ3) is 13.1. The molecule has 2 aliphatic carbocycles. The smallest absolute Gasteiger partial charge is 0.410 e. The number of ether oxygens (including phenoxy) is 6. The van der Waals surface area contributed by atoms with E-state index in [0.717, 1.165) is 50.4 Å². The van der Waals surface area contributed by atoms with Crippen molar-refractivity contribution in [1.29, 1.82) is 0 Å². The Hall–Kier alpha value is -1.62. The lowest BCUT2D eigenvalue weighted by molar-refractivity contribution is -0.0183. The molecule has 0 aromatic carbocycles. The van der Waals surface area contributed by atoms with Gasteiger partial charge in [0.05, 0.1) is 62.8 Å². The number of rotatable bonds is 8. The highest BCUT2D eigenvalue weighted by Crippen LogP contribution is 2.30. The molecule has 2 saturated heterocycles. The van der Waals surface area contributed by atoms with Crippen molar-refractivity contribution in [3.63, 3.8) is 0 Å². The summed E-state index contributed by atoms with van der Waals surface area (Å²) in [7, 11) is 3.40. The van der Waals surface area contributed by atoms with Crippen LogP contribution in [0.25, 0.3) is 0 Å². The standard InChI is InChI=1S/2C18H33NO4/c2*1-13-6-8-15(9-7-13)22-12-14-10-16(21-5)11-19(14)17(20)23-18(2,3)4/h2*13-16H,6-12H2,1-5H3/t2*13?,14-,15?,16-/m00/s1. The zero-order chi connectivity index (χ0) is 34.1. The first-order chi connectivity index (χ1) is 21.6. The lowest BCUT2D eigenvalue weighted by Gasteiger charge is -2.31. The summed E-state index contributed by atoms with van der Waals surface area (Å²) in [5.41, 5.74) is -0.958. The second-order valence-electron chi connectivity index (χ2n) is 16.2. The highest BCUT2D eigenvalue weighted by molar-refractivity contribution is 5.69. The summed E-state index contributed by atoms with van der Waals surface area (Å²) in [6, 6.07) is 0.100. The Labute approximate surface area is 279 Å². The second kappa shape index (κ2) is 17.7. The van der Waals surface area contributed by atoms with Crippen LogP contribution in [-0.2, 0) is 28.4 Å². The summed E-state index contributed by atoms with van der Waals surface area (Å²) in [5.74, 6) is 1.63. The molecule has 4 fully saturated rings. The largest absolute Gasteiger partial charge is 0.444 e. The topological polar surface area (TPSA) is 96.0 Å². The molecule has 2 aliphatic heterocycles. The molecule has 46 heavy (non-hydrogen) atoms. The number of likely N-dealkylation sites (tertiary alicyclic amines) is 2. The SMILES string of the molecule is CO[C@H]1C[C@@H](COC2CCC(C)CC2)N(C(=O)OC(C)(C)C)C1.CO[C@H]1C[C@@H](COC2CCC(C)CC2)N(C(=O)OC(C)(C)C)C1. The number of amides is 2. The van der Waals surface area contributed by atoms with Crippen LogP contribution in [-0.4, -0.2) is 110 Å². The van der Waals surface area contributed by atoms with Gasteiger partial charge in [0, 0.05) is 14.2 Å². The summed E-state index contributed by atoms with van der Waals surface area (Å²) in [6.45, 7) is 18.3. The van der Waals surface area contributed by atoms with Crippen LogP contribution in [0.5, 0.6) is 0 Å². The molecular formula is C36H66N2O8. The minimum Gasteiger partial charge on any atom is -0.444 e. The van der Waals surface area contributed by atoms with Gasteiger partial charge >= 0.3 is 12.2 Å². The van der Waals surface area contributed by atoms with Crippen molar-refractivity contribution >= 4 is 12.2 Å². The Kier molecular flexibility index (Phi) is 14.9. The Morgan fingerprint density at radius 1 is 0.565 bits per heavy atom. The number of hydrogen-bond donors (Lipinski definition) is 0. The predicted molar refractivity (Wildman–Crippen MR) is 179 cm³/mol. The molecule has 0 N–H and O–H groups in total. The van der Waals surface area contributed by atoms with E-state index in [-0.39, 0.29) is 36.5 Å². The fourth-order valence-electron chi connectivity index (χ4n) is 6.78. The zero-order valence-corrected chi connectivity index (χ0v) is 30.7. The van der Waals surface area contributed by atoms with Gasteiger partial charge in [-0.25, -0.2) is 9.59 Å².